The molecule has 0 unspecified atom stereocenters. The predicted octanol–water partition coefficient (Wildman–Crippen LogP) is 5.90. The van der Waals surface area contributed by atoms with Gasteiger partial charge >= 0.3 is 0 Å². The molecular weight excluding hydrogens is 516 g/mol. The van der Waals surface area contributed by atoms with Crippen LogP contribution >= 0.6 is 11.3 Å². The first kappa shape index (κ1) is 30.2. The molecule has 0 bridgehead atoms. The molecule has 0 radical (unpaired) electrons. The van der Waals surface area contributed by atoms with E-state index in [2.05, 4.69) is 24.8 Å². The molecule has 0 saturated heterocycles. The van der Waals surface area contributed by atoms with E-state index in [1.165, 1.54) is 11.3 Å². The minimum absolute atomic E-state index is 0.182. The normalized spacial score (nSPS) is 12.4. The molecule has 38 heavy (non-hydrogen) atoms. The van der Waals surface area contributed by atoms with Gasteiger partial charge in [0.15, 0.2) is 5.13 Å². The molecule has 1 amide bonds. The minimum Gasteiger partial charge on any atom is -0.302 e. The van der Waals surface area contributed by atoms with Gasteiger partial charge in [-0.25, -0.2) is 13.4 Å². The molecule has 0 aliphatic rings. The molecule has 208 valence electrons. The van der Waals surface area contributed by atoms with Gasteiger partial charge < -0.3 is 4.90 Å². The summed E-state index contributed by atoms with van der Waals surface area (Å²) in [5, 5.41) is 0.652. The van der Waals surface area contributed by atoms with E-state index in [4.69, 9.17) is 4.98 Å². The monoisotopic (exact) mass is 558 g/mol. The number of hydrogen-bond acceptors (Lipinski definition) is 6. The molecule has 0 fully saturated rings. The maximum absolute atomic E-state index is 13.8. The summed E-state index contributed by atoms with van der Waals surface area (Å²) in [5.41, 5.74) is 2.46. The number of carbonyl (C=O) groups excluding carboxylic acids is 1. The Labute approximate surface area is 232 Å². The summed E-state index contributed by atoms with van der Waals surface area (Å²) in [6, 6.07) is 12.5. The molecule has 9 heteroatoms. The third kappa shape index (κ3) is 7.40. The molecular formula is C29H42N4O3S2. The molecule has 7 nitrogen and oxygen atoms in total. The number of likely N-dealkylation sites (N-methyl/N-ethyl adjacent to an activating group) is 1. The first-order valence-corrected chi connectivity index (χ1v) is 15.7. The highest BCUT2D eigenvalue weighted by atomic mass is 32.2. The Morgan fingerprint density at radius 1 is 0.921 bits per heavy atom. The van der Waals surface area contributed by atoms with Gasteiger partial charge in [0.25, 0.3) is 5.91 Å². The third-order valence-electron chi connectivity index (χ3n) is 6.42. The average Bonchev–Trinajstić information content (AvgIpc) is 3.28. The maximum atomic E-state index is 13.8. The summed E-state index contributed by atoms with van der Waals surface area (Å²) in [5.74, 6) is 0.237. The number of amides is 1. The summed E-state index contributed by atoms with van der Waals surface area (Å²) >= 11 is 1.50. The standard InChI is InChI=1S/C29H42N4O3S2/c1-8-31(9-2)16-17-33(29-30-26-15-10-23(7)18-27(26)37-29)28(34)24-11-13-25(14-12-24)38(35,36)32(19-21(3)4)20-22(5)6/h10-15,18,21-22H,8-9,16-17,19-20H2,1-7H3. The Bertz CT molecular complexity index is 1300. The highest BCUT2D eigenvalue weighted by Crippen LogP contribution is 2.31. The summed E-state index contributed by atoms with van der Waals surface area (Å²) < 4.78 is 29.4. The SMILES string of the molecule is CCN(CC)CCN(C(=O)c1ccc(S(=O)(=O)N(CC(C)C)CC(C)C)cc1)c1nc2ccc(C)cc2s1. The average molecular weight is 559 g/mol. The molecule has 1 heterocycles. The van der Waals surface area contributed by atoms with Gasteiger partial charge in [0.1, 0.15) is 0 Å². The second-order valence-electron chi connectivity index (χ2n) is 10.6. The van der Waals surface area contributed by atoms with Crippen LogP contribution in [-0.2, 0) is 10.0 Å². The fraction of sp³-hybridized carbons (Fsp3) is 0.517. The zero-order valence-electron chi connectivity index (χ0n) is 23.8. The molecule has 0 saturated carbocycles. The Morgan fingerprint density at radius 3 is 2.08 bits per heavy atom. The van der Waals surface area contributed by atoms with Gasteiger partial charge in [0.05, 0.1) is 15.1 Å². The molecule has 0 aliphatic carbocycles. The van der Waals surface area contributed by atoms with E-state index in [0.29, 0.717) is 30.3 Å². The first-order chi connectivity index (χ1) is 18.0. The molecule has 2 aromatic carbocycles. The highest BCUT2D eigenvalue weighted by molar-refractivity contribution is 7.89. The number of hydrogen-bond donors (Lipinski definition) is 0. The molecule has 0 atom stereocenters. The summed E-state index contributed by atoms with van der Waals surface area (Å²) in [6.07, 6.45) is 0. The van der Waals surface area contributed by atoms with Crippen LogP contribution in [0.15, 0.2) is 47.4 Å². The molecule has 0 aliphatic heterocycles. The van der Waals surface area contributed by atoms with Crippen LogP contribution in [-0.4, -0.2) is 67.8 Å². The Balaban J connectivity index is 1.92. The highest BCUT2D eigenvalue weighted by Gasteiger charge is 2.27. The molecule has 1 aromatic heterocycles. The van der Waals surface area contributed by atoms with Crippen LogP contribution in [0, 0.1) is 18.8 Å². The van der Waals surface area contributed by atoms with Crippen molar-refractivity contribution in [3.8, 4) is 0 Å². The van der Waals surface area contributed by atoms with E-state index < -0.39 is 10.0 Å². The van der Waals surface area contributed by atoms with Crippen molar-refractivity contribution in [2.75, 3.05) is 44.2 Å². The number of anilines is 1. The Kier molecular flexibility index (Phi) is 10.5. The topological polar surface area (TPSA) is 73.8 Å². The molecule has 3 rings (SSSR count). The van der Waals surface area contributed by atoms with Crippen molar-refractivity contribution in [3.05, 3.63) is 53.6 Å². The van der Waals surface area contributed by atoms with Gasteiger partial charge in [0, 0.05) is 31.7 Å². The lowest BCUT2D eigenvalue weighted by Crippen LogP contribution is -2.39. The number of benzene rings is 2. The second-order valence-corrected chi connectivity index (χ2v) is 13.5. The minimum atomic E-state index is -3.66. The van der Waals surface area contributed by atoms with Crippen LogP contribution in [0.5, 0.6) is 0 Å². The smallest absolute Gasteiger partial charge is 0.260 e. The van der Waals surface area contributed by atoms with Crippen molar-refractivity contribution in [1.82, 2.24) is 14.2 Å². The van der Waals surface area contributed by atoms with Crippen LogP contribution in [0.3, 0.4) is 0 Å². The van der Waals surface area contributed by atoms with Crippen molar-refractivity contribution in [3.63, 3.8) is 0 Å². The van der Waals surface area contributed by atoms with Crippen LogP contribution in [0.25, 0.3) is 10.2 Å². The van der Waals surface area contributed by atoms with Gasteiger partial charge in [-0.2, -0.15) is 4.31 Å². The van der Waals surface area contributed by atoms with Gasteiger partial charge in [0.2, 0.25) is 10.0 Å². The van der Waals surface area contributed by atoms with Crippen LogP contribution < -0.4 is 4.90 Å². The van der Waals surface area contributed by atoms with Crippen molar-refractivity contribution in [1.29, 1.82) is 0 Å². The largest absolute Gasteiger partial charge is 0.302 e. The van der Waals surface area contributed by atoms with Gasteiger partial charge in [-0.05, 0) is 73.8 Å². The lowest BCUT2D eigenvalue weighted by atomic mass is 10.2. The van der Waals surface area contributed by atoms with Crippen molar-refractivity contribution in [2.24, 2.45) is 11.8 Å². The number of rotatable bonds is 13. The fourth-order valence-electron chi connectivity index (χ4n) is 4.36. The van der Waals surface area contributed by atoms with Crippen molar-refractivity contribution >= 4 is 42.6 Å². The first-order valence-electron chi connectivity index (χ1n) is 13.5. The molecule has 0 N–H and O–H groups in total. The maximum Gasteiger partial charge on any atom is 0.260 e. The third-order valence-corrected chi connectivity index (χ3v) is 9.31. The van der Waals surface area contributed by atoms with E-state index in [1.807, 2.05) is 46.8 Å². The summed E-state index contributed by atoms with van der Waals surface area (Å²) in [4.78, 5) is 22.8. The Hall–Kier alpha value is -2.33. The Morgan fingerprint density at radius 2 is 1.53 bits per heavy atom. The van der Waals surface area contributed by atoms with Gasteiger partial charge in [-0.3, -0.25) is 9.69 Å². The second kappa shape index (κ2) is 13.2. The van der Waals surface area contributed by atoms with Crippen LogP contribution in [0.4, 0.5) is 5.13 Å². The predicted molar refractivity (Wildman–Crippen MR) is 159 cm³/mol. The van der Waals surface area contributed by atoms with E-state index in [0.717, 1.165) is 35.4 Å². The number of thiazole rings is 1. The van der Waals surface area contributed by atoms with Crippen LogP contribution in [0.2, 0.25) is 0 Å². The fourth-order valence-corrected chi connectivity index (χ4v) is 7.22. The number of nitrogens with zero attached hydrogens (tertiary/aromatic N) is 4. The molecule has 0 spiro atoms. The number of aryl methyl sites for hydroxylation is 1. The van der Waals surface area contributed by atoms with Gasteiger partial charge in [-0.15, -0.1) is 0 Å². The number of fused-ring (bicyclic) bond motifs is 1. The van der Waals surface area contributed by atoms with Crippen molar-refractivity contribution in [2.45, 2.75) is 53.4 Å². The van der Waals surface area contributed by atoms with Crippen LogP contribution in [0.1, 0.15) is 57.5 Å². The number of carbonyl (C=O) groups is 1. The summed E-state index contributed by atoms with van der Waals surface area (Å²) in [7, 11) is -3.66. The molecule has 3 aromatic rings. The van der Waals surface area contributed by atoms with E-state index >= 15 is 0 Å². The lowest BCUT2D eigenvalue weighted by Gasteiger charge is -2.26. The van der Waals surface area contributed by atoms with E-state index in [1.54, 1.807) is 33.5 Å². The number of sulfonamides is 1. The summed E-state index contributed by atoms with van der Waals surface area (Å²) in [6.45, 7) is 18.2. The van der Waals surface area contributed by atoms with E-state index in [9.17, 15) is 13.2 Å². The zero-order valence-corrected chi connectivity index (χ0v) is 25.4. The quantitative estimate of drug-likeness (QED) is 0.261. The van der Waals surface area contributed by atoms with Crippen molar-refractivity contribution < 1.29 is 13.2 Å². The lowest BCUT2D eigenvalue weighted by molar-refractivity contribution is 0.0983. The van der Waals surface area contributed by atoms with Gasteiger partial charge in [-0.1, -0.05) is 58.9 Å². The number of aromatic nitrogens is 1. The zero-order chi connectivity index (χ0) is 28.0. The van der Waals surface area contributed by atoms with E-state index in [-0.39, 0.29) is 22.6 Å².